The first kappa shape index (κ1) is 22.5. The van der Waals surface area contributed by atoms with E-state index in [9.17, 15) is 10.2 Å². The highest BCUT2D eigenvalue weighted by molar-refractivity contribution is 6.26. The maximum absolute atomic E-state index is 11.2. The van der Waals surface area contributed by atoms with Crippen molar-refractivity contribution in [3.63, 3.8) is 0 Å². The minimum absolute atomic E-state index is 0.0727. The monoisotopic (exact) mass is 496 g/mol. The van der Waals surface area contributed by atoms with Gasteiger partial charge >= 0.3 is 0 Å². The van der Waals surface area contributed by atoms with Crippen LogP contribution in [0.4, 0.5) is 0 Å². The van der Waals surface area contributed by atoms with Crippen molar-refractivity contribution in [2.45, 2.75) is 79.8 Å². The Morgan fingerprint density at radius 3 is 2.77 bits per heavy atom. The topological polar surface area (TPSA) is 79.0 Å². The third-order valence-corrected chi connectivity index (χ3v) is 10.9. The van der Waals surface area contributed by atoms with E-state index in [4.69, 9.17) is 20.8 Å². The summed E-state index contributed by atoms with van der Waals surface area (Å²) in [4.78, 5) is 5.60. The minimum Gasteiger partial charge on any atom is -0.443 e. The predicted octanol–water partition coefficient (Wildman–Crippen LogP) is 4.29. The summed E-state index contributed by atoms with van der Waals surface area (Å²) in [5.41, 5.74) is 3.87. The number of likely N-dealkylation sites (N-methyl/N-ethyl adjacent to an activating group) is 1. The van der Waals surface area contributed by atoms with Crippen LogP contribution in [0.3, 0.4) is 0 Å². The zero-order valence-electron chi connectivity index (χ0n) is 20.5. The Hall–Kier alpha value is -1.70. The zero-order valence-corrected chi connectivity index (χ0v) is 21.3. The fourth-order valence-corrected chi connectivity index (χ4v) is 8.93. The van der Waals surface area contributed by atoms with E-state index in [0.29, 0.717) is 6.42 Å². The van der Waals surface area contributed by atoms with Crippen molar-refractivity contribution >= 4 is 28.3 Å². The van der Waals surface area contributed by atoms with Crippen LogP contribution in [0.5, 0.6) is 0 Å². The second-order valence-electron chi connectivity index (χ2n) is 12.0. The fourth-order valence-electron chi connectivity index (χ4n) is 8.45. The quantitative estimate of drug-likeness (QED) is 0.477. The number of alkyl halides is 1. The van der Waals surface area contributed by atoms with Gasteiger partial charge in [-0.15, -0.1) is 11.6 Å². The van der Waals surface area contributed by atoms with Crippen LogP contribution in [0.25, 0.3) is 16.7 Å². The molecular formula is C28H33ClN2O4. The van der Waals surface area contributed by atoms with E-state index in [1.54, 1.807) is 0 Å². The number of benzene rings is 1. The number of halogens is 1. The van der Waals surface area contributed by atoms with Crippen molar-refractivity contribution in [2.24, 2.45) is 11.3 Å². The molecule has 3 fully saturated rings. The maximum atomic E-state index is 11.2. The highest BCUT2D eigenvalue weighted by atomic mass is 35.5. The Kier molecular flexibility index (Phi) is 4.49. The molecule has 3 heterocycles. The molecule has 0 amide bonds. The number of rotatable bonds is 2. The SMILES string of the molecule is CN(C)[C@H]1C[C@@]23CC[C@]4(O2)C2CC=C(c5ccc6ncoc6c5)[C@@]2(C)CCC4(Cl)C=C3[C@@H](O)[C@@H]1O. The van der Waals surface area contributed by atoms with Gasteiger partial charge in [0.25, 0.3) is 0 Å². The summed E-state index contributed by atoms with van der Waals surface area (Å²) >= 11 is 7.52. The normalized spacial score (nSPS) is 46.3. The number of allylic oxidation sites excluding steroid dienone is 2. The molecule has 6 nitrogen and oxygen atoms in total. The first-order valence-electron chi connectivity index (χ1n) is 12.8. The smallest absolute Gasteiger partial charge is 0.181 e. The lowest BCUT2D eigenvalue weighted by Gasteiger charge is -2.61. The highest BCUT2D eigenvalue weighted by Gasteiger charge is 2.73. The first-order chi connectivity index (χ1) is 16.6. The molecule has 2 unspecified atom stereocenters. The molecule has 1 aromatic carbocycles. The van der Waals surface area contributed by atoms with Crippen LogP contribution in [0.2, 0.25) is 0 Å². The fraction of sp³-hybridized carbons (Fsp3) is 0.607. The number of aliphatic hydroxyl groups is 2. The predicted molar refractivity (Wildman–Crippen MR) is 134 cm³/mol. The maximum Gasteiger partial charge on any atom is 0.181 e. The van der Waals surface area contributed by atoms with Crippen LogP contribution >= 0.6 is 11.6 Å². The molecule has 5 aliphatic rings. The van der Waals surface area contributed by atoms with E-state index in [1.165, 1.54) is 17.5 Å². The summed E-state index contributed by atoms with van der Waals surface area (Å²) in [6, 6.07) is 6.13. The number of oxazole rings is 1. The van der Waals surface area contributed by atoms with E-state index >= 15 is 0 Å². The number of ether oxygens (including phenoxy) is 1. The van der Waals surface area contributed by atoms with Gasteiger partial charge in [0.1, 0.15) is 11.6 Å². The molecule has 2 N–H and O–H groups in total. The lowest BCUT2D eigenvalue weighted by molar-refractivity contribution is -0.199. The van der Waals surface area contributed by atoms with Gasteiger partial charge in [-0.3, -0.25) is 0 Å². The van der Waals surface area contributed by atoms with Crippen LogP contribution in [0.15, 0.2) is 46.7 Å². The van der Waals surface area contributed by atoms with Gasteiger partial charge in [0.15, 0.2) is 12.0 Å². The second-order valence-corrected chi connectivity index (χ2v) is 12.7. The lowest BCUT2D eigenvalue weighted by Crippen LogP contribution is -2.68. The van der Waals surface area contributed by atoms with Gasteiger partial charge in [0, 0.05) is 12.0 Å². The van der Waals surface area contributed by atoms with Gasteiger partial charge in [-0.25, -0.2) is 4.98 Å². The van der Waals surface area contributed by atoms with Crippen molar-refractivity contribution in [2.75, 3.05) is 14.1 Å². The summed E-state index contributed by atoms with van der Waals surface area (Å²) in [5, 5.41) is 22.1. The molecule has 1 aromatic heterocycles. The van der Waals surface area contributed by atoms with Crippen molar-refractivity contribution in [3.05, 3.63) is 47.9 Å². The van der Waals surface area contributed by atoms with Crippen LogP contribution in [0.1, 0.15) is 51.0 Å². The molecule has 2 aromatic rings. The van der Waals surface area contributed by atoms with Gasteiger partial charge in [0.05, 0.1) is 22.2 Å². The average Bonchev–Trinajstić information content (AvgIpc) is 3.52. The van der Waals surface area contributed by atoms with Crippen molar-refractivity contribution in [3.8, 4) is 0 Å². The molecule has 2 spiro atoms. The molecule has 0 radical (unpaired) electrons. The van der Waals surface area contributed by atoms with Crippen LogP contribution in [-0.2, 0) is 4.74 Å². The Balaban J connectivity index is 1.31. The zero-order chi connectivity index (χ0) is 24.4. The Morgan fingerprint density at radius 2 is 1.97 bits per heavy atom. The second kappa shape index (κ2) is 6.99. The summed E-state index contributed by atoms with van der Waals surface area (Å²) in [5.74, 6) is 0.237. The minimum atomic E-state index is -0.956. The summed E-state index contributed by atoms with van der Waals surface area (Å²) in [7, 11) is 3.92. The summed E-state index contributed by atoms with van der Waals surface area (Å²) < 4.78 is 12.8. The Bertz CT molecular complexity index is 1290. The number of nitrogens with zero attached hydrogens (tertiary/aromatic N) is 2. The molecule has 7 heteroatoms. The van der Waals surface area contributed by atoms with Crippen LogP contribution < -0.4 is 0 Å². The average molecular weight is 497 g/mol. The molecule has 1 saturated heterocycles. The molecule has 2 saturated carbocycles. The Morgan fingerprint density at radius 1 is 1.14 bits per heavy atom. The molecule has 8 atom stereocenters. The summed E-state index contributed by atoms with van der Waals surface area (Å²) in [6.07, 6.45) is 9.16. The molecule has 2 bridgehead atoms. The number of aliphatic hydroxyl groups excluding tert-OH is 2. The highest BCUT2D eigenvalue weighted by Crippen LogP contribution is 2.71. The molecule has 186 valence electrons. The molecule has 7 rings (SSSR count). The van der Waals surface area contributed by atoms with Gasteiger partial charge in [0.2, 0.25) is 0 Å². The first-order valence-corrected chi connectivity index (χ1v) is 13.2. The number of hydrogen-bond acceptors (Lipinski definition) is 6. The third-order valence-electron chi connectivity index (χ3n) is 10.3. The number of fused-ring (bicyclic) bond motifs is 2. The van der Waals surface area contributed by atoms with Crippen LogP contribution in [0, 0.1) is 11.3 Å². The van der Waals surface area contributed by atoms with Crippen LogP contribution in [-0.4, -0.2) is 68.5 Å². The number of hydrogen-bond donors (Lipinski definition) is 2. The van der Waals surface area contributed by atoms with Gasteiger partial charge in [-0.05, 0) is 86.9 Å². The number of aromatic nitrogens is 1. The Labute approximate surface area is 210 Å². The van der Waals surface area contributed by atoms with Crippen molar-refractivity contribution in [1.82, 2.24) is 9.88 Å². The standard InChI is InChI=1S/C28H33ClN2O4/c1-25-8-10-27(29)13-18-23(32)24(33)20(31(2)3)14-26(18)9-11-28(27,35-26)22(25)7-5-17(25)16-4-6-19-21(12-16)34-15-30-19/h4-6,12-13,15,20,22-24,32-33H,7-11,14H2,1-3H3/t20-,22?,23+,24+,25+,26+,27?,28-/m0/s1. The molecule has 35 heavy (non-hydrogen) atoms. The van der Waals surface area contributed by atoms with E-state index in [0.717, 1.165) is 48.8 Å². The molecule has 2 aliphatic heterocycles. The lowest BCUT2D eigenvalue weighted by atomic mass is 9.54. The summed E-state index contributed by atoms with van der Waals surface area (Å²) in [6.45, 7) is 2.38. The molecule has 3 aliphatic carbocycles. The van der Waals surface area contributed by atoms with Gasteiger partial charge in [-0.2, -0.15) is 0 Å². The molecular weight excluding hydrogens is 464 g/mol. The third kappa shape index (κ3) is 2.67. The van der Waals surface area contributed by atoms with E-state index < -0.39 is 28.3 Å². The van der Waals surface area contributed by atoms with E-state index in [-0.39, 0.29) is 17.4 Å². The van der Waals surface area contributed by atoms with Gasteiger partial charge in [-0.1, -0.05) is 25.1 Å². The van der Waals surface area contributed by atoms with E-state index in [2.05, 4.69) is 36.2 Å². The van der Waals surface area contributed by atoms with Gasteiger partial charge < -0.3 is 24.3 Å². The van der Waals surface area contributed by atoms with E-state index in [1.807, 2.05) is 25.1 Å². The van der Waals surface area contributed by atoms with Crippen molar-refractivity contribution < 1.29 is 19.4 Å². The largest absolute Gasteiger partial charge is 0.443 e. The van der Waals surface area contributed by atoms with Crippen molar-refractivity contribution in [1.29, 1.82) is 0 Å².